The largest absolute Gasteiger partial charge is 0.394 e. The Labute approximate surface area is 130 Å². The van der Waals surface area contributed by atoms with Gasteiger partial charge in [-0.05, 0) is 44.6 Å². The lowest BCUT2D eigenvalue weighted by Gasteiger charge is -2.23. The van der Waals surface area contributed by atoms with E-state index in [9.17, 15) is 14.3 Å². The number of urea groups is 1. The number of amides is 2. The molecule has 1 aliphatic rings. The average molecular weight is 309 g/mol. The van der Waals surface area contributed by atoms with Gasteiger partial charge < -0.3 is 20.2 Å². The Morgan fingerprint density at radius 2 is 2.27 bits per heavy atom. The van der Waals surface area contributed by atoms with E-state index in [1.807, 2.05) is 19.0 Å². The molecule has 0 aliphatic carbocycles. The Balaban J connectivity index is 1.95. The quantitative estimate of drug-likeness (QED) is 0.868. The number of halogens is 1. The summed E-state index contributed by atoms with van der Waals surface area (Å²) in [7, 11) is 3.77. The molecule has 1 aromatic carbocycles. The SMILES string of the molecule is CN(C)Cc1cc(CNC(=O)N2CCCC2CO)ccc1F. The second-order valence-electron chi connectivity index (χ2n) is 5.99. The lowest BCUT2D eigenvalue weighted by molar-refractivity contribution is 0.157. The minimum atomic E-state index is -0.233. The topological polar surface area (TPSA) is 55.8 Å². The van der Waals surface area contributed by atoms with Gasteiger partial charge in [0.05, 0.1) is 12.6 Å². The number of benzene rings is 1. The molecule has 22 heavy (non-hydrogen) atoms. The molecule has 5 nitrogen and oxygen atoms in total. The summed E-state index contributed by atoms with van der Waals surface area (Å²) < 4.78 is 13.7. The van der Waals surface area contributed by atoms with Crippen LogP contribution in [0.25, 0.3) is 0 Å². The Hall–Kier alpha value is -1.66. The summed E-state index contributed by atoms with van der Waals surface area (Å²) in [6, 6.07) is 4.64. The standard InChI is InChI=1S/C16H24FN3O2/c1-19(2)10-13-8-12(5-6-15(13)17)9-18-16(22)20-7-3-4-14(20)11-21/h5-6,8,14,21H,3-4,7,9-11H2,1-2H3,(H,18,22). The Morgan fingerprint density at radius 1 is 1.50 bits per heavy atom. The van der Waals surface area contributed by atoms with Crippen LogP contribution in [0.2, 0.25) is 0 Å². The van der Waals surface area contributed by atoms with E-state index in [4.69, 9.17) is 0 Å². The normalized spacial score (nSPS) is 18.0. The van der Waals surface area contributed by atoms with Gasteiger partial charge in [0.15, 0.2) is 0 Å². The Kier molecular flexibility index (Phi) is 5.74. The number of likely N-dealkylation sites (tertiary alicyclic amines) is 1. The zero-order valence-corrected chi connectivity index (χ0v) is 13.2. The number of carbonyl (C=O) groups excluding carboxylic acids is 1. The minimum absolute atomic E-state index is 0.00302. The highest BCUT2D eigenvalue weighted by atomic mass is 19.1. The molecule has 1 aromatic rings. The van der Waals surface area contributed by atoms with Crippen molar-refractivity contribution in [3.63, 3.8) is 0 Å². The first-order valence-corrected chi connectivity index (χ1v) is 7.58. The van der Waals surface area contributed by atoms with Gasteiger partial charge >= 0.3 is 6.03 Å². The highest BCUT2D eigenvalue weighted by molar-refractivity contribution is 5.74. The molecular formula is C16H24FN3O2. The number of carbonyl (C=O) groups is 1. The molecule has 1 saturated heterocycles. The van der Waals surface area contributed by atoms with Crippen LogP contribution in [0.15, 0.2) is 18.2 Å². The molecule has 0 bridgehead atoms. The van der Waals surface area contributed by atoms with E-state index < -0.39 is 0 Å². The summed E-state index contributed by atoms with van der Waals surface area (Å²) in [4.78, 5) is 15.7. The maximum atomic E-state index is 13.7. The van der Waals surface area contributed by atoms with Crippen LogP contribution in [0.1, 0.15) is 24.0 Å². The zero-order chi connectivity index (χ0) is 16.1. The summed E-state index contributed by atoms with van der Waals surface area (Å²) in [5, 5.41) is 12.1. The number of rotatable bonds is 5. The molecule has 2 rings (SSSR count). The fourth-order valence-corrected chi connectivity index (χ4v) is 2.77. The molecule has 2 N–H and O–H groups in total. The fourth-order valence-electron chi connectivity index (χ4n) is 2.77. The molecule has 122 valence electrons. The van der Waals surface area contributed by atoms with Crippen LogP contribution < -0.4 is 5.32 Å². The van der Waals surface area contributed by atoms with Crippen molar-refractivity contribution in [2.45, 2.75) is 32.0 Å². The summed E-state index contributed by atoms with van der Waals surface area (Å²) in [6.45, 7) is 1.55. The molecule has 1 unspecified atom stereocenters. The molecular weight excluding hydrogens is 285 g/mol. The van der Waals surface area contributed by atoms with Crippen LogP contribution in [0.4, 0.5) is 9.18 Å². The van der Waals surface area contributed by atoms with E-state index in [0.29, 0.717) is 25.2 Å². The van der Waals surface area contributed by atoms with Crippen molar-refractivity contribution in [1.82, 2.24) is 15.1 Å². The summed E-state index contributed by atoms with van der Waals surface area (Å²) in [6.07, 6.45) is 1.76. The minimum Gasteiger partial charge on any atom is -0.394 e. The van der Waals surface area contributed by atoms with Gasteiger partial charge in [-0.15, -0.1) is 0 Å². The van der Waals surface area contributed by atoms with Crippen LogP contribution in [0, 0.1) is 5.82 Å². The molecule has 0 radical (unpaired) electrons. The van der Waals surface area contributed by atoms with Crippen molar-refractivity contribution < 1.29 is 14.3 Å². The molecule has 2 amide bonds. The van der Waals surface area contributed by atoms with E-state index in [-0.39, 0.29) is 24.5 Å². The summed E-state index contributed by atoms with van der Waals surface area (Å²) in [5.74, 6) is -0.233. The van der Waals surface area contributed by atoms with Crippen molar-refractivity contribution in [1.29, 1.82) is 0 Å². The number of hydrogen-bond donors (Lipinski definition) is 2. The van der Waals surface area contributed by atoms with Crippen molar-refractivity contribution in [2.24, 2.45) is 0 Å². The zero-order valence-electron chi connectivity index (χ0n) is 13.2. The number of nitrogens with one attached hydrogen (secondary N) is 1. The van der Waals surface area contributed by atoms with Gasteiger partial charge in [-0.3, -0.25) is 0 Å². The number of nitrogens with zero attached hydrogens (tertiary/aromatic N) is 2. The molecule has 1 fully saturated rings. The predicted octanol–water partition coefficient (Wildman–Crippen LogP) is 1.55. The Bertz CT molecular complexity index is 522. The van der Waals surface area contributed by atoms with Crippen molar-refractivity contribution in [2.75, 3.05) is 27.2 Å². The van der Waals surface area contributed by atoms with Crippen molar-refractivity contribution >= 4 is 6.03 Å². The van der Waals surface area contributed by atoms with Gasteiger partial charge in [0, 0.05) is 25.2 Å². The Morgan fingerprint density at radius 3 is 2.95 bits per heavy atom. The maximum Gasteiger partial charge on any atom is 0.317 e. The van der Waals surface area contributed by atoms with Gasteiger partial charge in [0.25, 0.3) is 0 Å². The molecule has 0 aromatic heterocycles. The average Bonchev–Trinajstić information content (AvgIpc) is 2.95. The number of aliphatic hydroxyl groups excluding tert-OH is 1. The van der Waals surface area contributed by atoms with Crippen LogP contribution >= 0.6 is 0 Å². The van der Waals surface area contributed by atoms with Crippen LogP contribution in [0.5, 0.6) is 0 Å². The molecule has 6 heteroatoms. The van der Waals surface area contributed by atoms with Gasteiger partial charge in [0.1, 0.15) is 5.82 Å². The molecule has 1 aliphatic heterocycles. The third-order valence-electron chi connectivity index (χ3n) is 3.89. The van der Waals surface area contributed by atoms with Crippen molar-refractivity contribution in [3.05, 3.63) is 35.1 Å². The molecule has 1 atom stereocenters. The van der Waals surface area contributed by atoms with Gasteiger partial charge in [-0.1, -0.05) is 6.07 Å². The molecule has 0 saturated carbocycles. The second kappa shape index (κ2) is 7.56. The summed E-state index contributed by atoms with van der Waals surface area (Å²) >= 11 is 0. The van der Waals surface area contributed by atoms with Gasteiger partial charge in [-0.25, -0.2) is 9.18 Å². The number of hydrogen-bond acceptors (Lipinski definition) is 3. The fraction of sp³-hybridized carbons (Fsp3) is 0.562. The van der Waals surface area contributed by atoms with Crippen LogP contribution in [-0.4, -0.2) is 54.2 Å². The lowest BCUT2D eigenvalue weighted by atomic mass is 10.1. The highest BCUT2D eigenvalue weighted by Gasteiger charge is 2.27. The third-order valence-corrected chi connectivity index (χ3v) is 3.89. The van der Waals surface area contributed by atoms with Crippen LogP contribution in [0.3, 0.4) is 0 Å². The van der Waals surface area contributed by atoms with E-state index in [1.165, 1.54) is 6.07 Å². The van der Waals surface area contributed by atoms with E-state index in [1.54, 1.807) is 17.0 Å². The number of aliphatic hydroxyl groups is 1. The molecule has 0 spiro atoms. The predicted molar refractivity (Wildman–Crippen MR) is 82.8 cm³/mol. The molecule has 1 heterocycles. The smallest absolute Gasteiger partial charge is 0.317 e. The van der Waals surface area contributed by atoms with Gasteiger partial charge in [-0.2, -0.15) is 0 Å². The first-order chi connectivity index (χ1) is 10.5. The monoisotopic (exact) mass is 309 g/mol. The van der Waals surface area contributed by atoms with Gasteiger partial charge in [0.2, 0.25) is 0 Å². The highest BCUT2D eigenvalue weighted by Crippen LogP contribution is 2.17. The lowest BCUT2D eigenvalue weighted by Crippen LogP contribution is -2.43. The second-order valence-corrected chi connectivity index (χ2v) is 5.99. The first-order valence-electron chi connectivity index (χ1n) is 7.58. The van der Waals surface area contributed by atoms with E-state index >= 15 is 0 Å². The van der Waals surface area contributed by atoms with E-state index in [2.05, 4.69) is 5.32 Å². The maximum absolute atomic E-state index is 13.7. The van der Waals surface area contributed by atoms with E-state index in [0.717, 1.165) is 18.4 Å². The summed E-state index contributed by atoms with van der Waals surface area (Å²) in [5.41, 5.74) is 1.48. The first kappa shape index (κ1) is 16.7. The van der Waals surface area contributed by atoms with Crippen molar-refractivity contribution in [3.8, 4) is 0 Å². The van der Waals surface area contributed by atoms with Crippen LogP contribution in [-0.2, 0) is 13.1 Å². The third kappa shape index (κ3) is 4.18.